The van der Waals surface area contributed by atoms with Crippen LogP contribution in [0.2, 0.25) is 0 Å². The number of hydrogen-bond donors (Lipinski definition) is 2. The molecule has 0 aromatic rings. The van der Waals surface area contributed by atoms with Crippen LogP contribution in [0.4, 0.5) is 4.79 Å². The van der Waals surface area contributed by atoms with Gasteiger partial charge in [0.25, 0.3) is 0 Å². The van der Waals surface area contributed by atoms with E-state index in [-0.39, 0.29) is 6.23 Å². The topological polar surface area (TPSA) is 58.6 Å². The molecule has 0 aromatic carbocycles. The highest BCUT2D eigenvalue weighted by Gasteiger charge is 2.10. The van der Waals surface area contributed by atoms with Crippen LogP contribution < -0.4 is 5.32 Å². The van der Waals surface area contributed by atoms with E-state index in [9.17, 15) is 4.79 Å². The molecule has 0 saturated heterocycles. The minimum absolute atomic E-state index is 0.339. The van der Waals surface area contributed by atoms with E-state index in [4.69, 9.17) is 5.11 Å². The van der Waals surface area contributed by atoms with Crippen LogP contribution in [0, 0.1) is 0 Å². The average Bonchev–Trinajstić information content (AvgIpc) is 2.12. The van der Waals surface area contributed by atoms with E-state index >= 15 is 0 Å². The first kappa shape index (κ1) is 13.2. The molecule has 0 spiro atoms. The fraction of sp³-hybridized carbons (Fsp3) is 0.900. The highest BCUT2D eigenvalue weighted by Crippen LogP contribution is 2.06. The minimum atomic E-state index is -1.20. The van der Waals surface area contributed by atoms with Gasteiger partial charge in [-0.2, -0.15) is 0 Å². The van der Waals surface area contributed by atoms with E-state index in [0.717, 1.165) is 25.8 Å². The van der Waals surface area contributed by atoms with Gasteiger partial charge in [-0.15, -0.1) is 0 Å². The van der Waals surface area contributed by atoms with Crippen molar-refractivity contribution < 1.29 is 14.6 Å². The van der Waals surface area contributed by atoms with Gasteiger partial charge in [-0.25, -0.2) is 4.79 Å². The van der Waals surface area contributed by atoms with E-state index in [1.807, 2.05) is 6.92 Å². The molecule has 0 radical (unpaired) electrons. The van der Waals surface area contributed by atoms with Gasteiger partial charge in [0.2, 0.25) is 0 Å². The third kappa shape index (κ3) is 7.86. The van der Waals surface area contributed by atoms with Gasteiger partial charge in [0.1, 0.15) is 0 Å². The third-order valence-corrected chi connectivity index (χ3v) is 1.99. The van der Waals surface area contributed by atoms with Crippen molar-refractivity contribution in [3.05, 3.63) is 0 Å². The number of rotatable bonds is 8. The molecule has 1 atom stereocenters. The molecule has 84 valence electrons. The fourth-order valence-corrected chi connectivity index (χ4v) is 1.31. The molecule has 4 heteroatoms. The van der Waals surface area contributed by atoms with Crippen LogP contribution in [0.3, 0.4) is 0 Å². The predicted molar refractivity (Wildman–Crippen MR) is 55.3 cm³/mol. The van der Waals surface area contributed by atoms with E-state index in [1.165, 1.54) is 12.8 Å². The SMILES string of the molecule is CCCCCCC(NCC)OC(=O)O. The van der Waals surface area contributed by atoms with E-state index in [0.29, 0.717) is 0 Å². The molecular weight excluding hydrogens is 182 g/mol. The molecule has 14 heavy (non-hydrogen) atoms. The lowest BCUT2D eigenvalue weighted by atomic mass is 10.1. The summed E-state index contributed by atoms with van der Waals surface area (Å²) in [5, 5.41) is 11.4. The Morgan fingerprint density at radius 1 is 1.36 bits per heavy atom. The number of carbonyl (C=O) groups is 1. The molecule has 0 rings (SSSR count). The molecule has 0 fully saturated rings. The Balaban J connectivity index is 3.56. The van der Waals surface area contributed by atoms with Crippen molar-refractivity contribution >= 4 is 6.16 Å². The van der Waals surface area contributed by atoms with Crippen molar-refractivity contribution in [3.8, 4) is 0 Å². The Bertz CT molecular complexity index is 150. The first-order valence-corrected chi connectivity index (χ1v) is 5.33. The zero-order valence-corrected chi connectivity index (χ0v) is 9.08. The average molecular weight is 203 g/mol. The molecule has 0 heterocycles. The van der Waals surface area contributed by atoms with Crippen LogP contribution in [0.25, 0.3) is 0 Å². The number of carboxylic acid groups (broad SMARTS) is 1. The van der Waals surface area contributed by atoms with Gasteiger partial charge in [0.05, 0.1) is 0 Å². The second-order valence-corrected chi connectivity index (χ2v) is 3.28. The zero-order chi connectivity index (χ0) is 10.8. The van der Waals surface area contributed by atoms with Crippen molar-refractivity contribution in [1.29, 1.82) is 0 Å². The second-order valence-electron chi connectivity index (χ2n) is 3.28. The maximum atomic E-state index is 10.3. The lowest BCUT2D eigenvalue weighted by Gasteiger charge is -2.16. The molecule has 2 N–H and O–H groups in total. The molecule has 0 saturated carbocycles. The number of ether oxygens (including phenoxy) is 1. The standard InChI is InChI=1S/C10H21NO3/c1-3-5-6-7-8-9(11-4-2)14-10(12)13/h9,11H,3-8H2,1-2H3,(H,12,13). The Kier molecular flexibility index (Phi) is 8.33. The smallest absolute Gasteiger partial charge is 0.450 e. The Hall–Kier alpha value is -0.770. The fourth-order valence-electron chi connectivity index (χ4n) is 1.31. The summed E-state index contributed by atoms with van der Waals surface area (Å²) in [5.74, 6) is 0. The van der Waals surface area contributed by atoms with Gasteiger partial charge in [-0.3, -0.25) is 5.32 Å². The normalized spacial score (nSPS) is 12.4. The van der Waals surface area contributed by atoms with Gasteiger partial charge in [0, 0.05) is 0 Å². The van der Waals surface area contributed by atoms with Gasteiger partial charge >= 0.3 is 6.16 Å². The van der Waals surface area contributed by atoms with E-state index in [1.54, 1.807) is 0 Å². The molecule has 0 aromatic heterocycles. The molecule has 0 aliphatic rings. The summed E-state index contributed by atoms with van der Waals surface area (Å²) >= 11 is 0. The predicted octanol–water partition coefficient (Wildman–Crippen LogP) is 2.59. The first-order chi connectivity index (χ1) is 6.70. The molecule has 0 aliphatic carbocycles. The summed E-state index contributed by atoms with van der Waals surface area (Å²) in [7, 11) is 0. The summed E-state index contributed by atoms with van der Waals surface area (Å²) in [4.78, 5) is 10.3. The van der Waals surface area contributed by atoms with Crippen LogP contribution in [0.5, 0.6) is 0 Å². The maximum absolute atomic E-state index is 10.3. The van der Waals surface area contributed by atoms with Crippen LogP contribution in [-0.2, 0) is 4.74 Å². The largest absolute Gasteiger partial charge is 0.507 e. The lowest BCUT2D eigenvalue weighted by molar-refractivity contribution is 0.0326. The lowest BCUT2D eigenvalue weighted by Crippen LogP contribution is -2.33. The van der Waals surface area contributed by atoms with Crippen LogP contribution in [-0.4, -0.2) is 24.0 Å². The van der Waals surface area contributed by atoms with Crippen LogP contribution in [0.1, 0.15) is 46.0 Å². The van der Waals surface area contributed by atoms with Gasteiger partial charge in [-0.1, -0.05) is 33.1 Å². The van der Waals surface area contributed by atoms with Gasteiger partial charge in [-0.05, 0) is 19.4 Å². The summed E-state index contributed by atoms with van der Waals surface area (Å²) in [6, 6.07) is 0. The molecule has 0 bridgehead atoms. The van der Waals surface area contributed by atoms with Crippen molar-refractivity contribution in [3.63, 3.8) is 0 Å². The Morgan fingerprint density at radius 3 is 2.57 bits per heavy atom. The highest BCUT2D eigenvalue weighted by molar-refractivity contribution is 5.56. The maximum Gasteiger partial charge on any atom is 0.507 e. The van der Waals surface area contributed by atoms with Gasteiger partial charge in [0.15, 0.2) is 6.23 Å². The number of nitrogens with one attached hydrogen (secondary N) is 1. The molecule has 4 nitrogen and oxygen atoms in total. The molecule has 0 aliphatic heterocycles. The first-order valence-electron chi connectivity index (χ1n) is 5.33. The van der Waals surface area contributed by atoms with Crippen molar-refractivity contribution in [2.75, 3.05) is 6.54 Å². The summed E-state index contributed by atoms with van der Waals surface area (Å²) < 4.78 is 4.68. The summed E-state index contributed by atoms with van der Waals surface area (Å²) in [6.45, 7) is 4.81. The van der Waals surface area contributed by atoms with E-state index in [2.05, 4.69) is 17.0 Å². The zero-order valence-electron chi connectivity index (χ0n) is 9.08. The molecular formula is C10H21NO3. The monoisotopic (exact) mass is 203 g/mol. The number of hydrogen-bond acceptors (Lipinski definition) is 3. The molecule has 1 unspecified atom stereocenters. The minimum Gasteiger partial charge on any atom is -0.450 e. The van der Waals surface area contributed by atoms with E-state index < -0.39 is 6.16 Å². The molecule has 0 amide bonds. The quantitative estimate of drug-likeness (QED) is 0.361. The third-order valence-electron chi connectivity index (χ3n) is 1.99. The van der Waals surface area contributed by atoms with Gasteiger partial charge < -0.3 is 9.84 Å². The summed E-state index contributed by atoms with van der Waals surface area (Å²) in [6.07, 6.45) is 3.76. The number of unbranched alkanes of at least 4 members (excludes halogenated alkanes) is 3. The van der Waals surface area contributed by atoms with Crippen LogP contribution in [0.15, 0.2) is 0 Å². The Labute approximate surface area is 85.6 Å². The van der Waals surface area contributed by atoms with Crippen molar-refractivity contribution in [2.45, 2.75) is 52.2 Å². The summed E-state index contributed by atoms with van der Waals surface area (Å²) in [5.41, 5.74) is 0. The second kappa shape index (κ2) is 8.81. The highest BCUT2D eigenvalue weighted by atomic mass is 16.7. The van der Waals surface area contributed by atoms with Crippen LogP contribution >= 0.6 is 0 Å². The van der Waals surface area contributed by atoms with Crippen molar-refractivity contribution in [2.24, 2.45) is 0 Å². The Morgan fingerprint density at radius 2 is 2.07 bits per heavy atom. The van der Waals surface area contributed by atoms with Crippen molar-refractivity contribution in [1.82, 2.24) is 5.32 Å².